The molecule has 0 saturated carbocycles. The number of aliphatic carboxylic acids is 1. The predicted octanol–water partition coefficient (Wildman–Crippen LogP) is 7.18. The normalized spacial score (nSPS) is 12.0. The first-order valence-electron chi connectivity index (χ1n) is 15.6. The van der Waals surface area contributed by atoms with Gasteiger partial charge in [-0.05, 0) is 30.7 Å². The summed E-state index contributed by atoms with van der Waals surface area (Å²) >= 11 is 20.8. The van der Waals surface area contributed by atoms with E-state index in [2.05, 4.69) is 0 Å². The number of aromatic nitrogens is 9. The smallest absolute Gasteiger partial charge is 0.489 e. The Hall–Kier alpha value is -5.17. The molecule has 0 spiro atoms. The molecule has 5 heterocycles. The molecular formula is C36H21Cl3CuN9O3+. The van der Waals surface area contributed by atoms with Crippen molar-refractivity contribution in [2.24, 2.45) is 5.41 Å². The number of nitrogens with zero attached hydrogens (tertiary/aromatic N) is 9. The summed E-state index contributed by atoms with van der Waals surface area (Å²) in [7, 11) is 0. The van der Waals surface area contributed by atoms with E-state index in [1.165, 1.54) is 18.6 Å². The number of carboxylic acid groups (broad SMARTS) is 1. The first kappa shape index (κ1) is 33.9. The molecule has 9 rings (SSSR count). The zero-order valence-electron chi connectivity index (χ0n) is 26.9. The van der Waals surface area contributed by atoms with Crippen LogP contribution in [0.1, 0.15) is 13.8 Å². The number of carbonyl (C=O) groups is 1. The number of hydrogen-bond acceptors (Lipinski definition) is 8. The first-order valence-corrected chi connectivity index (χ1v) is 16.7. The first-order chi connectivity index (χ1) is 24.6. The van der Waals surface area contributed by atoms with Gasteiger partial charge in [-0.15, -0.1) is 0 Å². The fourth-order valence-electron chi connectivity index (χ4n) is 5.98. The maximum atomic E-state index is 11.9. The SMILES string of the molecule is CC(C)(COc1c(Cl)c(Cl)c2c3nc4nc(nc5[n-]c(nc6n[n+](nc([n-]3)c2c1Cl)-c1ccccc1-6)c1ccccc51)-c1ccccc1-4)C(=O)O.[Cu+2]. The quantitative estimate of drug-likeness (QED) is 0.109. The number of rotatable bonds is 4. The van der Waals surface area contributed by atoms with Crippen molar-refractivity contribution in [2.75, 3.05) is 6.61 Å². The minimum Gasteiger partial charge on any atom is -0.489 e. The van der Waals surface area contributed by atoms with Crippen LogP contribution in [0.15, 0.2) is 72.8 Å². The van der Waals surface area contributed by atoms with Gasteiger partial charge in [0.05, 0.1) is 38.3 Å². The molecule has 2 aliphatic rings. The average Bonchev–Trinajstić information content (AvgIpc) is 3.86. The van der Waals surface area contributed by atoms with E-state index >= 15 is 0 Å². The minimum atomic E-state index is -1.26. The molecule has 16 heteroatoms. The molecule has 0 fully saturated rings. The van der Waals surface area contributed by atoms with Crippen LogP contribution >= 0.6 is 34.8 Å². The standard InChI is InChI=1S/C36H22Cl3N9O3.Cu/c1-36(2,35(49)50)15-51-27-25(38)23-22(24(37)26(27)39)33-44-31-19-12-6-4-10-17(19)29(42-31)40-28-16-9-3-5-11-18(16)30(41-28)43-32-20-13-7-8-14-21(20)48(46-32)47-34(23)45-33;/h3-14H,15H2,1-2H3,(H2,40,41,42,43,44,45,46,47,49,50);/q;+2/p-1. The Kier molecular flexibility index (Phi) is 8.16. The Labute approximate surface area is 319 Å². The van der Waals surface area contributed by atoms with E-state index in [1.807, 2.05) is 72.8 Å². The molecule has 0 atom stereocenters. The number of carboxylic acids is 1. The van der Waals surface area contributed by atoms with Gasteiger partial charge in [-0.25, -0.2) is 4.98 Å². The minimum absolute atomic E-state index is 0. The van der Waals surface area contributed by atoms with Crippen molar-refractivity contribution >= 4 is 84.9 Å². The van der Waals surface area contributed by atoms with Crippen LogP contribution in [0.3, 0.4) is 0 Å². The van der Waals surface area contributed by atoms with E-state index in [0.29, 0.717) is 51.0 Å². The van der Waals surface area contributed by atoms with Crippen molar-refractivity contribution < 1.29 is 36.5 Å². The fraction of sp³-hybridized carbons (Fsp3) is 0.111. The van der Waals surface area contributed by atoms with E-state index in [4.69, 9.17) is 79.6 Å². The van der Waals surface area contributed by atoms with Crippen molar-refractivity contribution in [3.05, 3.63) is 87.9 Å². The summed E-state index contributed by atoms with van der Waals surface area (Å²) in [6.45, 7) is 2.79. The van der Waals surface area contributed by atoms with Gasteiger partial charge in [0.15, 0.2) is 11.6 Å². The second kappa shape index (κ2) is 12.5. The Morgan fingerprint density at radius 2 is 1.23 bits per heavy atom. The van der Waals surface area contributed by atoms with Gasteiger partial charge < -0.3 is 34.8 Å². The molecule has 3 aromatic heterocycles. The van der Waals surface area contributed by atoms with Gasteiger partial charge in [-0.1, -0.05) is 101 Å². The van der Waals surface area contributed by atoms with Crippen LogP contribution in [-0.4, -0.2) is 47.8 Å². The van der Waals surface area contributed by atoms with Gasteiger partial charge in [-0.3, -0.25) is 4.79 Å². The van der Waals surface area contributed by atoms with Crippen molar-refractivity contribution in [1.82, 2.24) is 40.1 Å². The molecule has 4 aromatic carbocycles. The summed E-state index contributed by atoms with van der Waals surface area (Å²) in [5.74, 6) is 0.00643. The Balaban J connectivity index is 0.00000387. The average molecular weight is 798 g/mol. The molecule has 12 nitrogen and oxygen atoms in total. The van der Waals surface area contributed by atoms with Crippen molar-refractivity contribution in [1.29, 1.82) is 0 Å². The predicted molar refractivity (Wildman–Crippen MR) is 192 cm³/mol. The van der Waals surface area contributed by atoms with Gasteiger partial charge in [0.2, 0.25) is 0 Å². The van der Waals surface area contributed by atoms with Gasteiger partial charge >= 0.3 is 23.0 Å². The van der Waals surface area contributed by atoms with Gasteiger partial charge in [0, 0.05) is 54.8 Å². The molecule has 7 aromatic rings. The van der Waals surface area contributed by atoms with Crippen LogP contribution in [0, 0.1) is 5.41 Å². The molecule has 1 radical (unpaired) electrons. The van der Waals surface area contributed by atoms with E-state index in [0.717, 1.165) is 16.3 Å². The zero-order valence-corrected chi connectivity index (χ0v) is 30.1. The van der Waals surface area contributed by atoms with E-state index < -0.39 is 11.4 Å². The van der Waals surface area contributed by atoms with Crippen LogP contribution < -0.4 is 19.5 Å². The molecule has 0 unspecified atom stereocenters. The molecule has 0 saturated heterocycles. The van der Waals surface area contributed by atoms with E-state index in [1.54, 1.807) is 0 Å². The Morgan fingerprint density at radius 1 is 0.692 bits per heavy atom. The van der Waals surface area contributed by atoms with Crippen molar-refractivity contribution in [2.45, 2.75) is 13.8 Å². The third-order valence-electron chi connectivity index (χ3n) is 8.71. The summed E-state index contributed by atoms with van der Waals surface area (Å²) in [6.07, 6.45) is 0. The van der Waals surface area contributed by atoms with Crippen LogP contribution in [-0.2, 0) is 21.9 Å². The molecule has 52 heavy (non-hydrogen) atoms. The van der Waals surface area contributed by atoms with Crippen LogP contribution in [0.4, 0.5) is 0 Å². The molecule has 1 N–H and O–H groups in total. The largest absolute Gasteiger partial charge is 2.00 e. The maximum Gasteiger partial charge on any atom is 2.00 e. The summed E-state index contributed by atoms with van der Waals surface area (Å²) in [4.78, 5) is 42.5. The number of fused-ring (bicyclic) bond motifs is 20. The molecule has 2 aliphatic heterocycles. The van der Waals surface area contributed by atoms with Crippen LogP contribution in [0.25, 0.3) is 84.0 Å². The van der Waals surface area contributed by atoms with Crippen LogP contribution in [0.5, 0.6) is 5.75 Å². The van der Waals surface area contributed by atoms with E-state index in [-0.39, 0.29) is 61.2 Å². The van der Waals surface area contributed by atoms with E-state index in [9.17, 15) is 9.90 Å². The number of para-hydroxylation sites is 1. The van der Waals surface area contributed by atoms with Gasteiger partial charge in [0.25, 0.3) is 5.69 Å². The summed E-state index contributed by atoms with van der Waals surface area (Å²) < 4.78 is 5.95. The number of hydrogen-bond donors (Lipinski definition) is 1. The summed E-state index contributed by atoms with van der Waals surface area (Å²) in [5.41, 5.74) is 2.63. The third kappa shape index (κ3) is 5.27. The summed E-state index contributed by atoms with van der Waals surface area (Å²) in [6, 6.07) is 22.7. The summed E-state index contributed by atoms with van der Waals surface area (Å²) in [5, 5.41) is 21.5. The number of ether oxygens (including phenoxy) is 1. The molecule has 0 aliphatic carbocycles. The topological polar surface area (TPSA) is 156 Å². The third-order valence-corrected chi connectivity index (χ3v) is 9.91. The second-order valence-electron chi connectivity index (χ2n) is 12.5. The van der Waals surface area contributed by atoms with Gasteiger partial charge in [-0.2, -0.15) is 0 Å². The monoisotopic (exact) mass is 795 g/mol. The second-order valence-corrected chi connectivity index (χ2v) is 13.7. The number of halogens is 3. The maximum absolute atomic E-state index is 11.9. The molecule has 8 bridgehead atoms. The molecular weight excluding hydrogens is 776 g/mol. The Bertz CT molecular complexity index is 2840. The molecule has 0 amide bonds. The zero-order chi connectivity index (χ0) is 35.2. The van der Waals surface area contributed by atoms with Crippen molar-refractivity contribution in [3.8, 4) is 45.6 Å². The molecule has 259 valence electrons. The van der Waals surface area contributed by atoms with Crippen molar-refractivity contribution in [3.63, 3.8) is 0 Å². The van der Waals surface area contributed by atoms with Gasteiger partial charge in [0.1, 0.15) is 11.6 Å². The number of benzene rings is 4. The van der Waals surface area contributed by atoms with Crippen LogP contribution in [0.2, 0.25) is 15.1 Å². The fourth-order valence-corrected chi connectivity index (χ4v) is 6.86. The Morgan fingerprint density at radius 3 is 1.88 bits per heavy atom.